The van der Waals surface area contributed by atoms with Gasteiger partial charge in [-0.05, 0) is 54.4 Å². The van der Waals surface area contributed by atoms with Crippen molar-refractivity contribution in [3.05, 3.63) is 52.3 Å². The SMILES string of the molecule is Cc1cnc(CCS(=O)(=O)N(C(=N)N)N(C(=O)c2cccnc2Br)C2COC(C)(C)OC2)nc1. The van der Waals surface area contributed by atoms with Crippen LogP contribution in [0.2, 0.25) is 0 Å². The van der Waals surface area contributed by atoms with Crippen molar-refractivity contribution in [3.63, 3.8) is 0 Å². The number of aromatic nitrogens is 3. The van der Waals surface area contributed by atoms with Gasteiger partial charge in [-0.3, -0.25) is 10.2 Å². The summed E-state index contributed by atoms with van der Waals surface area (Å²) in [5, 5.41) is 8.93. The Morgan fingerprint density at radius 1 is 1.26 bits per heavy atom. The molecule has 2 aromatic rings. The van der Waals surface area contributed by atoms with Crippen LogP contribution in [0.1, 0.15) is 35.6 Å². The number of pyridine rings is 1. The van der Waals surface area contributed by atoms with E-state index in [1.165, 1.54) is 18.3 Å². The highest BCUT2D eigenvalue weighted by molar-refractivity contribution is 9.10. The third-order valence-electron chi connectivity index (χ3n) is 4.87. The lowest BCUT2D eigenvalue weighted by Gasteiger charge is -2.43. The molecule has 0 aromatic carbocycles. The second kappa shape index (κ2) is 10.3. The Labute approximate surface area is 206 Å². The maximum Gasteiger partial charge on any atom is 0.276 e. The van der Waals surface area contributed by atoms with E-state index in [-0.39, 0.29) is 29.8 Å². The molecule has 3 N–H and O–H groups in total. The molecule has 1 aliphatic rings. The van der Waals surface area contributed by atoms with Gasteiger partial charge in [-0.15, -0.1) is 4.41 Å². The van der Waals surface area contributed by atoms with Crippen LogP contribution in [0, 0.1) is 12.3 Å². The van der Waals surface area contributed by atoms with E-state index in [9.17, 15) is 13.2 Å². The summed E-state index contributed by atoms with van der Waals surface area (Å²) in [7, 11) is -4.31. The van der Waals surface area contributed by atoms with Gasteiger partial charge in [0.05, 0.1) is 24.5 Å². The number of amides is 1. The molecule has 0 atom stereocenters. The first kappa shape index (κ1) is 25.9. The molecular formula is C20H26BrN7O5S. The predicted octanol–water partition coefficient (Wildman–Crippen LogP) is 1.22. The maximum absolute atomic E-state index is 13.6. The van der Waals surface area contributed by atoms with Crippen LogP contribution in [0.5, 0.6) is 0 Å². The highest BCUT2D eigenvalue weighted by atomic mass is 79.9. The molecule has 0 unspecified atom stereocenters. The van der Waals surface area contributed by atoms with Crippen molar-refractivity contribution in [2.45, 2.75) is 39.0 Å². The van der Waals surface area contributed by atoms with Crippen molar-refractivity contribution in [3.8, 4) is 0 Å². The van der Waals surface area contributed by atoms with Crippen LogP contribution in [0.15, 0.2) is 35.3 Å². The van der Waals surface area contributed by atoms with Gasteiger partial charge in [0.15, 0.2) is 5.79 Å². The first-order chi connectivity index (χ1) is 15.9. The lowest BCUT2D eigenvalue weighted by molar-refractivity contribution is -0.265. The van der Waals surface area contributed by atoms with Crippen LogP contribution in [0.25, 0.3) is 0 Å². The lowest BCUT2D eigenvalue weighted by Crippen LogP contribution is -2.63. The van der Waals surface area contributed by atoms with Crippen molar-refractivity contribution in [2.75, 3.05) is 19.0 Å². The number of halogens is 1. The highest BCUT2D eigenvalue weighted by Crippen LogP contribution is 2.26. The molecule has 3 heterocycles. The number of hydrazine groups is 1. The van der Waals surface area contributed by atoms with E-state index in [0.29, 0.717) is 10.2 Å². The summed E-state index contributed by atoms with van der Waals surface area (Å²) >= 11 is 3.22. The molecule has 34 heavy (non-hydrogen) atoms. The third-order valence-corrected chi connectivity index (χ3v) is 7.12. The number of guanidine groups is 1. The van der Waals surface area contributed by atoms with Crippen LogP contribution in [0.4, 0.5) is 0 Å². The zero-order chi connectivity index (χ0) is 25.1. The van der Waals surface area contributed by atoms with Crippen LogP contribution >= 0.6 is 15.9 Å². The van der Waals surface area contributed by atoms with Crippen molar-refractivity contribution >= 4 is 37.8 Å². The highest BCUT2D eigenvalue weighted by Gasteiger charge is 2.42. The number of aryl methyl sites for hydroxylation is 2. The summed E-state index contributed by atoms with van der Waals surface area (Å²) in [6.07, 6.45) is 4.58. The number of nitrogens with two attached hydrogens (primary N) is 1. The number of rotatable bonds is 6. The molecule has 1 aliphatic heterocycles. The molecule has 12 nitrogen and oxygen atoms in total. The predicted molar refractivity (Wildman–Crippen MR) is 126 cm³/mol. The molecule has 2 aromatic heterocycles. The minimum atomic E-state index is -4.31. The molecule has 184 valence electrons. The second-order valence-corrected chi connectivity index (χ2v) is 10.7. The number of sulfonamides is 1. The first-order valence-corrected chi connectivity index (χ1v) is 12.7. The minimum absolute atomic E-state index is 0.0446. The topological polar surface area (TPSA) is 165 Å². The molecule has 0 radical (unpaired) electrons. The van der Waals surface area contributed by atoms with Crippen molar-refractivity contribution in [1.82, 2.24) is 24.4 Å². The van der Waals surface area contributed by atoms with E-state index in [2.05, 4.69) is 30.9 Å². The van der Waals surface area contributed by atoms with Crippen LogP contribution < -0.4 is 5.73 Å². The quantitative estimate of drug-likeness (QED) is 0.230. The van der Waals surface area contributed by atoms with Gasteiger partial charge >= 0.3 is 0 Å². The van der Waals surface area contributed by atoms with Gasteiger partial charge in [0, 0.05) is 25.0 Å². The number of hydrogen-bond acceptors (Lipinski definition) is 9. The van der Waals surface area contributed by atoms with Gasteiger partial charge in [-0.1, -0.05) is 0 Å². The minimum Gasteiger partial charge on any atom is -0.368 e. The normalized spacial score (nSPS) is 16.1. The Kier molecular flexibility index (Phi) is 7.85. The van der Waals surface area contributed by atoms with Gasteiger partial charge < -0.3 is 15.2 Å². The molecular weight excluding hydrogens is 530 g/mol. The van der Waals surface area contributed by atoms with Crippen LogP contribution in [-0.2, 0) is 25.9 Å². The molecule has 1 saturated heterocycles. The number of nitrogens with one attached hydrogen (secondary N) is 1. The molecule has 0 saturated carbocycles. The van der Waals surface area contributed by atoms with Gasteiger partial charge in [-0.2, -0.15) is 0 Å². The third kappa shape index (κ3) is 6.05. The number of carbonyl (C=O) groups is 1. The fourth-order valence-electron chi connectivity index (χ4n) is 3.15. The standard InChI is InChI=1S/C20H26BrN7O5S/c1-13-9-25-16(26-10-13)6-8-34(30,31)28(19(22)23)27(14-11-32-20(2,3)33-12-14)18(29)15-5-4-7-24-17(15)21/h4-5,7,9-10,14H,6,8,11-12H2,1-3H3,(H3,22,23). The number of carbonyl (C=O) groups excluding carboxylic acids is 1. The van der Waals surface area contributed by atoms with Gasteiger partial charge in [-0.25, -0.2) is 28.4 Å². The smallest absolute Gasteiger partial charge is 0.276 e. The summed E-state index contributed by atoms with van der Waals surface area (Å²) < 4.78 is 38.8. The molecule has 1 fully saturated rings. The van der Waals surface area contributed by atoms with Crippen molar-refractivity contribution < 1.29 is 22.7 Å². The van der Waals surface area contributed by atoms with Gasteiger partial charge in [0.25, 0.3) is 15.9 Å². The van der Waals surface area contributed by atoms with E-state index in [1.54, 1.807) is 26.2 Å². The van der Waals surface area contributed by atoms with Crippen molar-refractivity contribution in [1.29, 1.82) is 5.41 Å². The zero-order valence-electron chi connectivity index (χ0n) is 18.9. The van der Waals surface area contributed by atoms with E-state index in [0.717, 1.165) is 10.6 Å². The summed E-state index contributed by atoms with van der Waals surface area (Å²) in [6.45, 7) is 5.13. The summed E-state index contributed by atoms with van der Waals surface area (Å²) in [6, 6.07) is 2.13. The van der Waals surface area contributed by atoms with Crippen LogP contribution in [0.3, 0.4) is 0 Å². The molecule has 1 amide bonds. The van der Waals surface area contributed by atoms with E-state index in [1.807, 2.05) is 6.92 Å². The summed E-state index contributed by atoms with van der Waals surface area (Å²) in [5.41, 5.74) is 6.63. The maximum atomic E-state index is 13.6. The lowest BCUT2D eigenvalue weighted by atomic mass is 10.2. The molecule has 0 bridgehead atoms. The molecule has 14 heteroatoms. The zero-order valence-corrected chi connectivity index (χ0v) is 21.3. The number of ether oxygens (including phenoxy) is 2. The number of hydrogen-bond donors (Lipinski definition) is 2. The average Bonchev–Trinajstić information content (AvgIpc) is 2.77. The average molecular weight is 556 g/mol. The van der Waals surface area contributed by atoms with Gasteiger partial charge in [0.2, 0.25) is 5.96 Å². The molecule has 0 aliphatic carbocycles. The Balaban J connectivity index is 1.97. The molecule has 0 spiro atoms. The Morgan fingerprint density at radius 2 is 1.88 bits per heavy atom. The summed E-state index contributed by atoms with van der Waals surface area (Å²) in [4.78, 5) is 25.9. The summed E-state index contributed by atoms with van der Waals surface area (Å²) in [5.74, 6) is -2.71. The molecule has 3 rings (SSSR count). The van der Waals surface area contributed by atoms with E-state index in [4.69, 9.17) is 20.6 Å². The largest absolute Gasteiger partial charge is 0.368 e. The van der Waals surface area contributed by atoms with Gasteiger partial charge in [0.1, 0.15) is 16.5 Å². The van der Waals surface area contributed by atoms with Crippen LogP contribution in [-0.4, -0.2) is 75.5 Å². The monoisotopic (exact) mass is 555 g/mol. The van der Waals surface area contributed by atoms with Crippen molar-refractivity contribution in [2.24, 2.45) is 5.73 Å². The Hall–Kier alpha value is -2.68. The van der Waals surface area contributed by atoms with E-state index < -0.39 is 39.5 Å². The second-order valence-electron chi connectivity index (χ2n) is 8.04. The Morgan fingerprint density at radius 3 is 2.44 bits per heavy atom. The number of nitrogens with zero attached hydrogens (tertiary/aromatic N) is 5. The Bertz CT molecular complexity index is 1150. The first-order valence-electron chi connectivity index (χ1n) is 10.3. The fraction of sp³-hybridized carbons (Fsp3) is 0.450. The van der Waals surface area contributed by atoms with E-state index >= 15 is 0 Å². The fourth-order valence-corrected chi connectivity index (χ4v) is 4.95.